The topological polar surface area (TPSA) is 67.2 Å². The van der Waals surface area contributed by atoms with Gasteiger partial charge in [0.15, 0.2) is 0 Å². The van der Waals surface area contributed by atoms with Crippen molar-refractivity contribution in [3.05, 3.63) is 39.4 Å². The number of benzene rings is 1. The van der Waals surface area contributed by atoms with E-state index < -0.39 is 0 Å². The number of likely N-dealkylation sites (tertiary alicyclic amines) is 1. The molecule has 2 fully saturated rings. The standard InChI is InChI=1S/C16H17BrN4O2.ClH/c17-12-1-2-14-13(3-12)16(23)21(9-19-14)8-15(22)20-6-10-4-18-5-11(10)7-20;/h1-3,9-11,18H,4-8H2;1H/t10-,11+;. The van der Waals surface area contributed by atoms with Crippen LogP contribution in [0.15, 0.2) is 33.8 Å². The molecule has 3 heterocycles. The Morgan fingerprint density at radius 2 is 2.00 bits per heavy atom. The smallest absolute Gasteiger partial charge is 0.261 e. The van der Waals surface area contributed by atoms with Gasteiger partial charge in [-0.2, -0.15) is 0 Å². The van der Waals surface area contributed by atoms with Crippen molar-refractivity contribution in [3.8, 4) is 0 Å². The van der Waals surface area contributed by atoms with Gasteiger partial charge in [-0.1, -0.05) is 15.9 Å². The third-order valence-corrected chi connectivity index (χ3v) is 5.33. The number of hydrogen-bond acceptors (Lipinski definition) is 4. The van der Waals surface area contributed by atoms with Crippen molar-refractivity contribution in [3.63, 3.8) is 0 Å². The highest BCUT2D eigenvalue weighted by molar-refractivity contribution is 9.10. The summed E-state index contributed by atoms with van der Waals surface area (Å²) in [6, 6.07) is 5.39. The molecule has 1 aromatic heterocycles. The fraction of sp³-hybridized carbons (Fsp3) is 0.438. The van der Waals surface area contributed by atoms with Crippen molar-refractivity contribution < 1.29 is 4.79 Å². The van der Waals surface area contributed by atoms with Crippen LogP contribution in [-0.2, 0) is 11.3 Å². The van der Waals surface area contributed by atoms with E-state index in [9.17, 15) is 9.59 Å². The van der Waals surface area contributed by atoms with Gasteiger partial charge in [0.2, 0.25) is 5.91 Å². The van der Waals surface area contributed by atoms with E-state index in [1.165, 1.54) is 10.9 Å². The number of rotatable bonds is 2. The van der Waals surface area contributed by atoms with Gasteiger partial charge in [0.05, 0.1) is 17.2 Å². The van der Waals surface area contributed by atoms with Gasteiger partial charge >= 0.3 is 0 Å². The van der Waals surface area contributed by atoms with Crippen molar-refractivity contribution in [2.75, 3.05) is 26.2 Å². The Bertz CT molecular complexity index is 828. The Labute approximate surface area is 153 Å². The van der Waals surface area contributed by atoms with Crippen molar-refractivity contribution in [1.82, 2.24) is 19.8 Å². The molecule has 0 unspecified atom stereocenters. The summed E-state index contributed by atoms with van der Waals surface area (Å²) < 4.78 is 2.23. The van der Waals surface area contributed by atoms with Crippen molar-refractivity contribution >= 4 is 45.1 Å². The molecule has 1 amide bonds. The SMILES string of the molecule is Cl.O=C(Cn1cnc2ccc(Br)cc2c1=O)N1C[C@H]2CNC[C@H]2C1. The van der Waals surface area contributed by atoms with Crippen molar-refractivity contribution in [2.24, 2.45) is 11.8 Å². The fourth-order valence-electron chi connectivity index (χ4n) is 3.55. The summed E-state index contributed by atoms with van der Waals surface area (Å²) in [4.78, 5) is 31.2. The predicted molar refractivity (Wildman–Crippen MR) is 97.4 cm³/mol. The highest BCUT2D eigenvalue weighted by atomic mass is 79.9. The minimum absolute atomic E-state index is 0. The first-order valence-corrected chi connectivity index (χ1v) is 8.54. The van der Waals surface area contributed by atoms with Crippen LogP contribution in [0.1, 0.15) is 0 Å². The molecule has 1 aromatic carbocycles. The fourth-order valence-corrected chi connectivity index (χ4v) is 3.91. The molecule has 0 radical (unpaired) electrons. The zero-order chi connectivity index (χ0) is 16.0. The number of aromatic nitrogens is 2. The van der Waals surface area contributed by atoms with E-state index in [1.54, 1.807) is 12.1 Å². The summed E-state index contributed by atoms with van der Waals surface area (Å²) in [5.74, 6) is 1.11. The van der Waals surface area contributed by atoms with Crippen LogP contribution in [0.3, 0.4) is 0 Å². The highest BCUT2D eigenvalue weighted by Gasteiger charge is 2.37. The molecule has 2 atom stereocenters. The molecule has 0 spiro atoms. The van der Waals surface area contributed by atoms with Crippen LogP contribution < -0.4 is 10.9 Å². The minimum Gasteiger partial charge on any atom is -0.340 e. The Kier molecular flexibility index (Phi) is 4.94. The molecule has 8 heteroatoms. The average Bonchev–Trinajstić information content (AvgIpc) is 3.12. The molecular weight excluding hydrogens is 396 g/mol. The molecule has 2 aliphatic heterocycles. The second kappa shape index (κ2) is 6.82. The van der Waals surface area contributed by atoms with E-state index in [-0.39, 0.29) is 30.4 Å². The van der Waals surface area contributed by atoms with E-state index >= 15 is 0 Å². The maximum absolute atomic E-state index is 12.5. The predicted octanol–water partition coefficient (Wildman–Crippen LogP) is 1.26. The number of nitrogens with one attached hydrogen (secondary N) is 1. The van der Waals surface area contributed by atoms with Gasteiger partial charge in [0.25, 0.3) is 5.56 Å². The second-order valence-electron chi connectivity index (χ2n) is 6.32. The number of fused-ring (bicyclic) bond motifs is 2. The molecule has 0 bridgehead atoms. The van der Waals surface area contributed by atoms with Gasteiger partial charge in [-0.3, -0.25) is 14.2 Å². The first-order chi connectivity index (χ1) is 11.1. The molecule has 24 heavy (non-hydrogen) atoms. The van der Waals surface area contributed by atoms with Gasteiger partial charge in [0.1, 0.15) is 6.54 Å². The summed E-state index contributed by atoms with van der Waals surface area (Å²) in [6.45, 7) is 3.61. The lowest BCUT2D eigenvalue weighted by atomic mass is 10.0. The molecule has 0 saturated carbocycles. The average molecular weight is 414 g/mol. The summed E-state index contributed by atoms with van der Waals surface area (Å²) >= 11 is 3.37. The summed E-state index contributed by atoms with van der Waals surface area (Å²) in [5.41, 5.74) is 0.467. The lowest BCUT2D eigenvalue weighted by molar-refractivity contribution is -0.131. The van der Waals surface area contributed by atoms with E-state index in [0.29, 0.717) is 22.7 Å². The monoisotopic (exact) mass is 412 g/mol. The summed E-state index contributed by atoms with van der Waals surface area (Å²) in [6.07, 6.45) is 1.47. The Hall–Kier alpha value is -1.44. The lowest BCUT2D eigenvalue weighted by Crippen LogP contribution is -2.36. The maximum Gasteiger partial charge on any atom is 0.261 e. The van der Waals surface area contributed by atoms with Crippen molar-refractivity contribution in [2.45, 2.75) is 6.54 Å². The van der Waals surface area contributed by atoms with Gasteiger partial charge < -0.3 is 10.2 Å². The number of carbonyl (C=O) groups excluding carboxylic acids is 1. The lowest BCUT2D eigenvalue weighted by Gasteiger charge is -2.18. The molecule has 1 N–H and O–H groups in total. The van der Waals surface area contributed by atoms with Crippen LogP contribution in [0.4, 0.5) is 0 Å². The normalized spacial score (nSPS) is 22.5. The van der Waals surface area contributed by atoms with Gasteiger partial charge in [-0.25, -0.2) is 4.98 Å². The molecule has 6 nitrogen and oxygen atoms in total. The number of amides is 1. The van der Waals surface area contributed by atoms with Gasteiger partial charge in [-0.15, -0.1) is 12.4 Å². The van der Waals surface area contributed by atoms with Crippen LogP contribution in [0.2, 0.25) is 0 Å². The van der Waals surface area contributed by atoms with Crippen LogP contribution >= 0.6 is 28.3 Å². The summed E-state index contributed by atoms with van der Waals surface area (Å²) in [5, 5.41) is 3.89. The summed E-state index contributed by atoms with van der Waals surface area (Å²) in [7, 11) is 0. The third-order valence-electron chi connectivity index (χ3n) is 4.83. The van der Waals surface area contributed by atoms with Gasteiger partial charge in [-0.05, 0) is 30.0 Å². The first kappa shape index (κ1) is 17.4. The van der Waals surface area contributed by atoms with E-state index in [1.807, 2.05) is 11.0 Å². The van der Waals surface area contributed by atoms with E-state index in [2.05, 4.69) is 26.2 Å². The molecule has 2 saturated heterocycles. The zero-order valence-corrected chi connectivity index (χ0v) is 15.3. The number of hydrogen-bond donors (Lipinski definition) is 1. The molecule has 128 valence electrons. The zero-order valence-electron chi connectivity index (χ0n) is 12.9. The number of carbonyl (C=O) groups is 1. The molecule has 2 aromatic rings. The van der Waals surface area contributed by atoms with Crippen LogP contribution in [-0.4, -0.2) is 46.5 Å². The van der Waals surface area contributed by atoms with E-state index in [4.69, 9.17) is 0 Å². The van der Waals surface area contributed by atoms with Gasteiger partial charge in [0, 0.05) is 30.7 Å². The third kappa shape index (κ3) is 3.08. The highest BCUT2D eigenvalue weighted by Crippen LogP contribution is 2.26. The minimum atomic E-state index is -0.175. The molecule has 0 aliphatic carbocycles. The molecule has 2 aliphatic rings. The van der Waals surface area contributed by atoms with Crippen molar-refractivity contribution in [1.29, 1.82) is 0 Å². The Morgan fingerprint density at radius 3 is 2.71 bits per heavy atom. The maximum atomic E-state index is 12.5. The largest absolute Gasteiger partial charge is 0.340 e. The van der Waals surface area contributed by atoms with Crippen LogP contribution in [0, 0.1) is 11.8 Å². The molecular formula is C16H18BrClN4O2. The van der Waals surface area contributed by atoms with Crippen LogP contribution in [0.5, 0.6) is 0 Å². The van der Waals surface area contributed by atoms with Crippen LogP contribution in [0.25, 0.3) is 10.9 Å². The Balaban J connectivity index is 0.00000169. The van der Waals surface area contributed by atoms with E-state index in [0.717, 1.165) is 30.7 Å². The molecule has 4 rings (SSSR count). The first-order valence-electron chi connectivity index (χ1n) is 7.75. The quantitative estimate of drug-likeness (QED) is 0.805. The number of nitrogens with zero attached hydrogens (tertiary/aromatic N) is 3. The second-order valence-corrected chi connectivity index (χ2v) is 7.23. The number of halogens is 2. The Morgan fingerprint density at radius 1 is 1.29 bits per heavy atom.